The summed E-state index contributed by atoms with van der Waals surface area (Å²) in [7, 11) is 0. The summed E-state index contributed by atoms with van der Waals surface area (Å²) in [5.41, 5.74) is 2.69. The Morgan fingerprint density at radius 3 is 2.89 bits per heavy atom. The number of amides is 1. The minimum atomic E-state index is -0.834. The summed E-state index contributed by atoms with van der Waals surface area (Å²) < 4.78 is 26.5. The lowest BCUT2D eigenvalue weighted by Gasteiger charge is -2.19. The highest BCUT2D eigenvalue weighted by Crippen LogP contribution is 2.25. The van der Waals surface area contributed by atoms with Crippen LogP contribution in [0.4, 0.5) is 14.5 Å². The predicted octanol–water partition coefficient (Wildman–Crippen LogP) is 3.63. The van der Waals surface area contributed by atoms with Crippen LogP contribution in [0.25, 0.3) is 10.9 Å². The predicted molar refractivity (Wildman–Crippen MR) is 102 cm³/mol. The van der Waals surface area contributed by atoms with E-state index in [0.29, 0.717) is 24.6 Å². The van der Waals surface area contributed by atoms with E-state index in [1.807, 2.05) is 35.4 Å². The molecule has 1 aromatic heterocycles. The van der Waals surface area contributed by atoms with E-state index in [9.17, 15) is 13.6 Å². The molecule has 1 aliphatic heterocycles. The number of para-hydroxylation sites is 1. The Bertz CT molecular complexity index is 969. The third-order valence-corrected chi connectivity index (χ3v) is 5.17. The fourth-order valence-electron chi connectivity index (χ4n) is 3.69. The lowest BCUT2D eigenvalue weighted by Crippen LogP contribution is -2.32. The van der Waals surface area contributed by atoms with Crippen LogP contribution < -0.4 is 10.2 Å². The van der Waals surface area contributed by atoms with Gasteiger partial charge in [-0.15, -0.1) is 0 Å². The summed E-state index contributed by atoms with van der Waals surface area (Å²) in [6, 6.07) is 11.9. The van der Waals surface area contributed by atoms with Crippen molar-refractivity contribution in [1.29, 1.82) is 0 Å². The molecule has 6 heteroatoms. The van der Waals surface area contributed by atoms with Crippen LogP contribution in [0.2, 0.25) is 0 Å². The van der Waals surface area contributed by atoms with Gasteiger partial charge in [-0.2, -0.15) is 0 Å². The number of anilines is 1. The number of H-pyrrole nitrogens is 1. The number of aromatic nitrogens is 1. The number of hydrogen-bond acceptors (Lipinski definition) is 2. The zero-order valence-electron chi connectivity index (χ0n) is 14.8. The molecule has 2 aromatic carbocycles. The zero-order chi connectivity index (χ0) is 18.8. The number of aromatic amines is 1. The van der Waals surface area contributed by atoms with Crippen LogP contribution in [0.3, 0.4) is 0 Å². The van der Waals surface area contributed by atoms with E-state index >= 15 is 0 Å². The first kappa shape index (κ1) is 17.5. The fourth-order valence-corrected chi connectivity index (χ4v) is 3.69. The maximum Gasteiger partial charge on any atom is 0.224 e. The van der Waals surface area contributed by atoms with Gasteiger partial charge in [0.25, 0.3) is 0 Å². The van der Waals surface area contributed by atoms with E-state index in [2.05, 4.69) is 10.3 Å². The van der Waals surface area contributed by atoms with Crippen molar-refractivity contribution in [1.82, 2.24) is 10.3 Å². The van der Waals surface area contributed by atoms with Gasteiger partial charge in [-0.1, -0.05) is 18.2 Å². The average molecular weight is 369 g/mol. The maximum atomic E-state index is 13.4. The van der Waals surface area contributed by atoms with Gasteiger partial charge >= 0.3 is 0 Å². The highest BCUT2D eigenvalue weighted by Gasteiger charge is 2.24. The number of carbonyl (C=O) groups is 1. The molecule has 2 N–H and O–H groups in total. The van der Waals surface area contributed by atoms with Crippen molar-refractivity contribution in [2.75, 3.05) is 24.5 Å². The van der Waals surface area contributed by atoms with E-state index in [0.717, 1.165) is 42.0 Å². The van der Waals surface area contributed by atoms with E-state index in [-0.39, 0.29) is 5.91 Å². The highest BCUT2D eigenvalue weighted by atomic mass is 19.2. The number of rotatable bonds is 5. The first-order valence-electron chi connectivity index (χ1n) is 9.12. The summed E-state index contributed by atoms with van der Waals surface area (Å²) in [6.07, 6.45) is 3.13. The standard InChI is InChI=1S/C21H21F2N3O/c22-18-6-5-16(10-19(18)23)26-8-7-14(13-26)11-25-21(27)9-15-12-24-20-4-2-1-3-17(15)20/h1-6,10,12,14,24H,7-9,11,13H2,(H,25,27). The van der Waals surface area contributed by atoms with Crippen molar-refractivity contribution in [3.8, 4) is 0 Å². The van der Waals surface area contributed by atoms with Crippen LogP contribution in [0.5, 0.6) is 0 Å². The number of hydrogen-bond donors (Lipinski definition) is 2. The van der Waals surface area contributed by atoms with E-state index < -0.39 is 11.6 Å². The Labute approximate surface area is 156 Å². The molecule has 1 saturated heterocycles. The van der Waals surface area contributed by atoms with Crippen molar-refractivity contribution in [3.63, 3.8) is 0 Å². The quantitative estimate of drug-likeness (QED) is 0.722. The molecule has 2 heterocycles. The van der Waals surface area contributed by atoms with Gasteiger partial charge in [-0.05, 0) is 36.1 Å². The van der Waals surface area contributed by atoms with Gasteiger partial charge in [0.05, 0.1) is 6.42 Å². The third kappa shape index (κ3) is 3.79. The molecule has 0 aliphatic carbocycles. The van der Waals surface area contributed by atoms with E-state index in [4.69, 9.17) is 0 Å². The van der Waals surface area contributed by atoms with Crippen molar-refractivity contribution in [2.24, 2.45) is 5.92 Å². The molecule has 0 spiro atoms. The molecule has 0 bridgehead atoms. The summed E-state index contributed by atoms with van der Waals surface area (Å²) >= 11 is 0. The highest BCUT2D eigenvalue weighted by molar-refractivity contribution is 5.88. The fraction of sp³-hybridized carbons (Fsp3) is 0.286. The number of halogens is 2. The zero-order valence-corrected chi connectivity index (χ0v) is 14.8. The molecule has 4 rings (SSSR count). The summed E-state index contributed by atoms with van der Waals surface area (Å²) in [4.78, 5) is 17.5. The SMILES string of the molecule is O=C(Cc1c[nH]c2ccccc12)NCC1CCN(c2ccc(F)c(F)c2)C1. The van der Waals surface area contributed by atoms with Crippen LogP contribution in [0, 0.1) is 17.6 Å². The number of benzene rings is 2. The molecule has 1 amide bonds. The van der Waals surface area contributed by atoms with Gasteiger partial charge in [-0.3, -0.25) is 4.79 Å². The Morgan fingerprint density at radius 2 is 2.04 bits per heavy atom. The smallest absolute Gasteiger partial charge is 0.224 e. The second-order valence-corrected chi connectivity index (χ2v) is 7.04. The van der Waals surface area contributed by atoms with Crippen molar-refractivity contribution in [3.05, 3.63) is 65.9 Å². The van der Waals surface area contributed by atoms with Crippen molar-refractivity contribution in [2.45, 2.75) is 12.8 Å². The molecule has 140 valence electrons. The minimum Gasteiger partial charge on any atom is -0.371 e. The molecule has 0 radical (unpaired) electrons. The van der Waals surface area contributed by atoms with Gasteiger partial charge in [0.1, 0.15) is 0 Å². The topological polar surface area (TPSA) is 48.1 Å². The van der Waals surface area contributed by atoms with E-state index in [1.165, 1.54) is 6.07 Å². The molecule has 27 heavy (non-hydrogen) atoms. The van der Waals surface area contributed by atoms with Crippen LogP contribution in [0.15, 0.2) is 48.7 Å². The normalized spacial score (nSPS) is 16.8. The van der Waals surface area contributed by atoms with Gasteiger partial charge in [-0.25, -0.2) is 8.78 Å². The van der Waals surface area contributed by atoms with Crippen molar-refractivity contribution >= 4 is 22.5 Å². The summed E-state index contributed by atoms with van der Waals surface area (Å²) in [6.45, 7) is 2.08. The second-order valence-electron chi connectivity index (χ2n) is 7.04. The first-order chi connectivity index (χ1) is 13.1. The molecule has 1 atom stereocenters. The monoisotopic (exact) mass is 369 g/mol. The molecular weight excluding hydrogens is 348 g/mol. The van der Waals surface area contributed by atoms with Crippen LogP contribution in [-0.2, 0) is 11.2 Å². The van der Waals surface area contributed by atoms with E-state index in [1.54, 1.807) is 6.07 Å². The Morgan fingerprint density at radius 1 is 1.19 bits per heavy atom. The number of nitrogens with one attached hydrogen (secondary N) is 2. The van der Waals surface area contributed by atoms with Crippen LogP contribution in [-0.4, -0.2) is 30.5 Å². The number of nitrogens with zero attached hydrogens (tertiary/aromatic N) is 1. The van der Waals surface area contributed by atoms with Crippen molar-refractivity contribution < 1.29 is 13.6 Å². The van der Waals surface area contributed by atoms with Crippen LogP contribution >= 0.6 is 0 Å². The Hall–Kier alpha value is -2.89. The van der Waals surface area contributed by atoms with Gasteiger partial charge in [0, 0.05) is 48.5 Å². The maximum absolute atomic E-state index is 13.4. The largest absolute Gasteiger partial charge is 0.371 e. The molecule has 1 unspecified atom stereocenters. The van der Waals surface area contributed by atoms with Crippen LogP contribution in [0.1, 0.15) is 12.0 Å². The molecule has 4 nitrogen and oxygen atoms in total. The Balaban J connectivity index is 1.30. The third-order valence-electron chi connectivity index (χ3n) is 5.17. The Kier molecular flexibility index (Phi) is 4.79. The minimum absolute atomic E-state index is 0.00831. The lowest BCUT2D eigenvalue weighted by molar-refractivity contribution is -0.120. The van der Waals surface area contributed by atoms with Gasteiger partial charge in [0.2, 0.25) is 5.91 Å². The summed E-state index contributed by atoms with van der Waals surface area (Å²) in [5.74, 6) is -1.38. The molecule has 1 fully saturated rings. The molecule has 0 saturated carbocycles. The lowest BCUT2D eigenvalue weighted by atomic mass is 10.1. The number of fused-ring (bicyclic) bond motifs is 1. The second kappa shape index (κ2) is 7.39. The first-order valence-corrected chi connectivity index (χ1v) is 9.12. The van der Waals surface area contributed by atoms with Gasteiger partial charge < -0.3 is 15.2 Å². The average Bonchev–Trinajstić information content (AvgIpc) is 3.30. The van der Waals surface area contributed by atoms with Gasteiger partial charge in [0.15, 0.2) is 11.6 Å². The molecule has 3 aromatic rings. The molecular formula is C21H21F2N3O. The molecule has 1 aliphatic rings. The summed E-state index contributed by atoms with van der Waals surface area (Å²) in [5, 5.41) is 4.07. The number of carbonyl (C=O) groups excluding carboxylic acids is 1.